The van der Waals surface area contributed by atoms with Crippen molar-refractivity contribution in [3.63, 3.8) is 0 Å². The number of benzene rings is 2. The first-order valence-corrected chi connectivity index (χ1v) is 17.2. The topological polar surface area (TPSA) is 142 Å². The number of thioether (sulfide) groups is 1. The lowest BCUT2D eigenvalue weighted by Crippen LogP contribution is -2.43. The summed E-state index contributed by atoms with van der Waals surface area (Å²) in [6.07, 6.45) is 3.94. The van der Waals surface area contributed by atoms with Crippen LogP contribution in [-0.4, -0.2) is 69.5 Å². The van der Waals surface area contributed by atoms with E-state index in [2.05, 4.69) is 26.3 Å². The van der Waals surface area contributed by atoms with E-state index in [-0.39, 0.29) is 36.5 Å². The Morgan fingerprint density at radius 1 is 1.02 bits per heavy atom. The number of likely N-dealkylation sites (tertiary alicyclic amines) is 1. The van der Waals surface area contributed by atoms with Gasteiger partial charge in [0.25, 0.3) is 0 Å². The second-order valence-corrected chi connectivity index (χ2v) is 13.5. The van der Waals surface area contributed by atoms with Crippen LogP contribution >= 0.6 is 23.1 Å². The van der Waals surface area contributed by atoms with Crippen molar-refractivity contribution in [2.75, 3.05) is 22.9 Å². The van der Waals surface area contributed by atoms with Crippen LogP contribution in [0.25, 0.3) is 11.3 Å². The van der Waals surface area contributed by atoms with Crippen LogP contribution in [0.1, 0.15) is 44.1 Å². The molecule has 3 aromatic rings. The molecule has 3 saturated heterocycles. The molecule has 11 nitrogen and oxygen atoms in total. The van der Waals surface area contributed by atoms with Gasteiger partial charge < -0.3 is 26.0 Å². The zero-order valence-corrected chi connectivity index (χ0v) is 26.3. The summed E-state index contributed by atoms with van der Waals surface area (Å²) in [5.41, 5.74) is 3.17. The van der Waals surface area contributed by atoms with Crippen LogP contribution < -0.4 is 21.3 Å². The van der Waals surface area contributed by atoms with Gasteiger partial charge in [-0.25, -0.2) is 14.6 Å². The van der Waals surface area contributed by atoms with Crippen LogP contribution in [0, 0.1) is 0 Å². The molecule has 4 N–H and O–H groups in total. The first kappa shape index (κ1) is 30.9. The fourth-order valence-electron chi connectivity index (χ4n) is 5.93. The molecular weight excluding hydrogens is 613 g/mol. The molecule has 1 aromatic heterocycles. The Morgan fingerprint density at radius 3 is 2.67 bits per heavy atom. The minimum absolute atomic E-state index is 0.0286. The third kappa shape index (κ3) is 7.77. The molecular formula is C32H36N6O5S2. The fourth-order valence-corrected chi connectivity index (χ4v) is 8.20. The molecule has 4 heterocycles. The monoisotopic (exact) mass is 648 g/mol. The largest absolute Gasteiger partial charge is 0.445 e. The number of anilines is 2. The summed E-state index contributed by atoms with van der Waals surface area (Å²) < 4.78 is 5.45. The second kappa shape index (κ2) is 14.3. The molecule has 0 bridgehead atoms. The summed E-state index contributed by atoms with van der Waals surface area (Å²) in [6.45, 7) is 0.626. The molecule has 13 heteroatoms. The molecule has 0 aliphatic carbocycles. The Morgan fingerprint density at radius 2 is 1.84 bits per heavy atom. The number of unbranched alkanes of at least 4 members (excludes halogenated alkanes) is 1. The van der Waals surface area contributed by atoms with Crippen LogP contribution in [0.3, 0.4) is 0 Å². The summed E-state index contributed by atoms with van der Waals surface area (Å²) in [7, 11) is 0. The number of aromatic nitrogens is 1. The zero-order valence-electron chi connectivity index (χ0n) is 24.7. The number of carbonyl (C=O) groups is 4. The van der Waals surface area contributed by atoms with Crippen LogP contribution in [0.2, 0.25) is 0 Å². The maximum atomic E-state index is 13.1. The lowest BCUT2D eigenvalue weighted by Gasteiger charge is -2.22. The van der Waals surface area contributed by atoms with Crippen LogP contribution in [0.4, 0.5) is 20.4 Å². The predicted molar refractivity (Wildman–Crippen MR) is 175 cm³/mol. The van der Waals surface area contributed by atoms with Gasteiger partial charge in [-0.05, 0) is 43.4 Å². The molecule has 3 unspecified atom stereocenters. The molecule has 3 aliphatic rings. The van der Waals surface area contributed by atoms with E-state index in [1.165, 1.54) is 16.2 Å². The van der Waals surface area contributed by atoms with Crippen molar-refractivity contribution in [1.82, 2.24) is 20.5 Å². The number of carbonyl (C=O) groups excluding carboxylic acids is 4. The number of nitrogens with zero attached hydrogens (tertiary/aromatic N) is 2. The third-order valence-corrected chi connectivity index (χ3v) is 10.5. The summed E-state index contributed by atoms with van der Waals surface area (Å²) in [6, 6.07) is 16.6. The average molecular weight is 649 g/mol. The van der Waals surface area contributed by atoms with Gasteiger partial charge in [0.1, 0.15) is 12.6 Å². The Labute approximate surface area is 269 Å². The summed E-state index contributed by atoms with van der Waals surface area (Å²) in [4.78, 5) is 55.9. The maximum absolute atomic E-state index is 13.1. The second-order valence-electron chi connectivity index (χ2n) is 11.4. The Hall–Kier alpha value is -4.10. The van der Waals surface area contributed by atoms with Gasteiger partial charge in [-0.15, -0.1) is 11.3 Å². The van der Waals surface area contributed by atoms with Crippen LogP contribution in [0.15, 0.2) is 60.0 Å². The lowest BCUT2D eigenvalue weighted by molar-refractivity contribution is -0.120. The van der Waals surface area contributed by atoms with Crippen molar-refractivity contribution in [3.05, 3.63) is 65.5 Å². The van der Waals surface area contributed by atoms with Gasteiger partial charge in [0.2, 0.25) is 11.8 Å². The number of amides is 5. The number of hydrogen-bond donors (Lipinski definition) is 4. The van der Waals surface area contributed by atoms with Gasteiger partial charge in [0.15, 0.2) is 5.13 Å². The fraction of sp³-hybridized carbons (Fsp3) is 0.406. The van der Waals surface area contributed by atoms with E-state index >= 15 is 0 Å². The molecule has 6 rings (SSSR count). The number of rotatable bonds is 11. The number of urea groups is 1. The average Bonchev–Trinajstić information content (AvgIpc) is 3.85. The van der Waals surface area contributed by atoms with Gasteiger partial charge >= 0.3 is 12.1 Å². The van der Waals surface area contributed by atoms with Gasteiger partial charge in [0, 0.05) is 40.6 Å². The van der Waals surface area contributed by atoms with Crippen molar-refractivity contribution in [3.8, 4) is 11.3 Å². The van der Waals surface area contributed by atoms with Crippen molar-refractivity contribution in [2.24, 2.45) is 0 Å². The molecule has 4 atom stereocenters. The minimum Gasteiger partial charge on any atom is -0.445 e. The highest BCUT2D eigenvalue weighted by atomic mass is 32.2. The minimum atomic E-state index is -0.607. The first-order valence-electron chi connectivity index (χ1n) is 15.3. The van der Waals surface area contributed by atoms with Gasteiger partial charge in [-0.2, -0.15) is 11.8 Å². The normalized spacial score (nSPS) is 22.0. The number of nitrogens with one attached hydrogen (secondary N) is 4. The molecule has 3 aliphatic heterocycles. The third-order valence-electron chi connectivity index (χ3n) is 8.27. The van der Waals surface area contributed by atoms with Crippen molar-refractivity contribution < 1.29 is 23.9 Å². The highest BCUT2D eigenvalue weighted by molar-refractivity contribution is 8.00. The van der Waals surface area contributed by atoms with E-state index in [9.17, 15) is 19.2 Å². The highest BCUT2D eigenvalue weighted by Crippen LogP contribution is 2.33. The summed E-state index contributed by atoms with van der Waals surface area (Å²) in [5.74, 6) is 0.629. The number of thiazole rings is 1. The Kier molecular flexibility index (Phi) is 9.84. The highest BCUT2D eigenvalue weighted by Gasteiger charge is 2.42. The first-order chi connectivity index (χ1) is 21.9. The zero-order chi connectivity index (χ0) is 31.2. The van der Waals surface area contributed by atoms with Gasteiger partial charge in [-0.3, -0.25) is 14.5 Å². The van der Waals surface area contributed by atoms with E-state index in [4.69, 9.17) is 4.74 Å². The molecule has 3 fully saturated rings. The molecule has 0 spiro atoms. The molecule has 0 saturated carbocycles. The van der Waals surface area contributed by atoms with Crippen molar-refractivity contribution in [1.29, 1.82) is 0 Å². The molecule has 45 heavy (non-hydrogen) atoms. The standard InChI is InChI=1S/C32H36N6O5S2/c39-27(11-5-4-10-26-28-24(19-44-26)34-30(41)36-28)33-22-14-12-21(13-15-22)23-18-45-31(35-23)37-29(40)25-9-6-16-38(25)32(42)43-17-20-7-2-1-3-8-20/h1-3,7-8,12-15,18,24-26,28H,4-6,9-11,16-17,19H2,(H,33,39)(H2,34,36,41)(H,35,37,40)/t24?,25-,26?,28?/m0/s1. The van der Waals surface area contributed by atoms with Crippen molar-refractivity contribution >= 4 is 57.9 Å². The van der Waals surface area contributed by atoms with Crippen LogP contribution in [0.5, 0.6) is 0 Å². The SMILES string of the molecule is O=C(CCCCC1SCC2NC(=O)NC21)Nc1ccc(-c2csc(NC(=O)[C@@H]3CCCN3C(=O)OCc3ccccc3)n2)cc1. The molecule has 2 aromatic carbocycles. The quantitative estimate of drug-likeness (QED) is 0.165. The smallest absolute Gasteiger partial charge is 0.410 e. The van der Waals surface area contributed by atoms with E-state index in [1.54, 1.807) is 0 Å². The number of hydrogen-bond acceptors (Lipinski definition) is 8. The molecule has 236 valence electrons. The number of ether oxygens (including phenoxy) is 1. The summed E-state index contributed by atoms with van der Waals surface area (Å²) >= 11 is 3.20. The van der Waals surface area contributed by atoms with E-state index < -0.39 is 12.1 Å². The van der Waals surface area contributed by atoms with E-state index in [0.717, 1.165) is 42.6 Å². The predicted octanol–water partition coefficient (Wildman–Crippen LogP) is 5.21. The Bertz CT molecular complexity index is 1520. The van der Waals surface area contributed by atoms with Crippen molar-refractivity contribution in [2.45, 2.75) is 68.5 Å². The summed E-state index contributed by atoms with van der Waals surface area (Å²) in [5, 5.41) is 14.5. The van der Waals surface area contributed by atoms with Gasteiger partial charge in [0.05, 0.1) is 17.8 Å². The Balaban J connectivity index is 0.933. The van der Waals surface area contributed by atoms with E-state index in [1.807, 2.05) is 71.7 Å². The maximum Gasteiger partial charge on any atom is 0.410 e. The van der Waals surface area contributed by atoms with E-state index in [0.29, 0.717) is 41.1 Å². The lowest BCUT2D eigenvalue weighted by atomic mass is 10.0. The molecule has 0 radical (unpaired) electrons. The number of fused-ring (bicyclic) bond motifs is 1. The van der Waals surface area contributed by atoms with Gasteiger partial charge in [-0.1, -0.05) is 48.9 Å². The molecule has 5 amide bonds. The van der Waals surface area contributed by atoms with Crippen LogP contribution in [-0.2, 0) is 20.9 Å².